The van der Waals surface area contributed by atoms with E-state index in [1.807, 2.05) is 64.1 Å². The molecule has 6 nitrogen and oxygen atoms in total. The van der Waals surface area contributed by atoms with Crippen molar-refractivity contribution < 1.29 is 12.8 Å². The normalized spacial score (nSPS) is 16.0. The van der Waals surface area contributed by atoms with Gasteiger partial charge in [-0.25, -0.2) is 13.4 Å². The van der Waals surface area contributed by atoms with Crippen LogP contribution in [-0.2, 0) is 16.6 Å². The summed E-state index contributed by atoms with van der Waals surface area (Å²) in [6, 6.07) is 13.6. The van der Waals surface area contributed by atoms with E-state index in [0.29, 0.717) is 43.5 Å². The number of benzene rings is 2. The number of oxazole rings is 1. The molecule has 0 spiro atoms. The van der Waals surface area contributed by atoms with E-state index in [1.54, 1.807) is 10.4 Å². The molecule has 3 aromatic rings. The lowest BCUT2D eigenvalue weighted by molar-refractivity contribution is 0.179. The van der Waals surface area contributed by atoms with Gasteiger partial charge in [0.15, 0.2) is 0 Å². The lowest BCUT2D eigenvalue weighted by atomic mass is 10.1. The van der Waals surface area contributed by atoms with Crippen LogP contribution in [0.2, 0.25) is 0 Å². The topological polar surface area (TPSA) is 66.7 Å². The second kappa shape index (κ2) is 8.57. The molecule has 0 N–H and O–H groups in total. The van der Waals surface area contributed by atoms with Crippen molar-refractivity contribution in [3.05, 3.63) is 70.6 Å². The summed E-state index contributed by atoms with van der Waals surface area (Å²) in [5.74, 6) is 1.43. The van der Waals surface area contributed by atoms with E-state index in [4.69, 9.17) is 4.42 Å². The fraction of sp³-hybridized carbons (Fsp3) is 0.375. The van der Waals surface area contributed by atoms with Crippen LogP contribution >= 0.6 is 0 Å². The Morgan fingerprint density at radius 1 is 0.903 bits per heavy atom. The van der Waals surface area contributed by atoms with E-state index in [9.17, 15) is 8.42 Å². The third-order valence-electron chi connectivity index (χ3n) is 6.03. The van der Waals surface area contributed by atoms with E-state index < -0.39 is 10.0 Å². The Morgan fingerprint density at radius 2 is 1.55 bits per heavy atom. The fourth-order valence-corrected chi connectivity index (χ4v) is 5.68. The minimum Gasteiger partial charge on any atom is -0.441 e. The van der Waals surface area contributed by atoms with Crippen molar-refractivity contribution >= 4 is 10.0 Å². The third-order valence-corrected chi connectivity index (χ3v) is 8.07. The van der Waals surface area contributed by atoms with Gasteiger partial charge in [-0.2, -0.15) is 4.31 Å². The van der Waals surface area contributed by atoms with Crippen LogP contribution in [0.25, 0.3) is 11.5 Å². The Kier molecular flexibility index (Phi) is 6.01. The molecule has 1 saturated heterocycles. The van der Waals surface area contributed by atoms with Gasteiger partial charge < -0.3 is 4.42 Å². The molecule has 1 aliphatic heterocycles. The Labute approximate surface area is 184 Å². The molecular weight excluding hydrogens is 410 g/mol. The van der Waals surface area contributed by atoms with E-state index in [2.05, 4.69) is 9.88 Å². The molecule has 7 heteroatoms. The van der Waals surface area contributed by atoms with Crippen LogP contribution in [0.5, 0.6) is 0 Å². The first-order valence-corrected chi connectivity index (χ1v) is 12.0. The predicted octanol–water partition coefficient (Wildman–Crippen LogP) is 4.08. The van der Waals surface area contributed by atoms with Crippen LogP contribution in [0.3, 0.4) is 0 Å². The molecule has 31 heavy (non-hydrogen) atoms. The number of piperazine rings is 1. The second-order valence-corrected chi connectivity index (χ2v) is 10.2. The lowest BCUT2D eigenvalue weighted by Crippen LogP contribution is -2.48. The minimum absolute atomic E-state index is 0.420. The molecule has 1 fully saturated rings. The maximum absolute atomic E-state index is 13.2. The summed E-state index contributed by atoms with van der Waals surface area (Å²) in [5.41, 5.74) is 4.77. The van der Waals surface area contributed by atoms with Gasteiger partial charge in [-0.3, -0.25) is 4.90 Å². The zero-order valence-electron chi connectivity index (χ0n) is 18.6. The molecule has 2 heterocycles. The Hall–Kier alpha value is -2.48. The molecule has 0 radical (unpaired) electrons. The lowest BCUT2D eigenvalue weighted by Gasteiger charge is -2.34. The third kappa shape index (κ3) is 4.44. The molecular formula is C24H29N3O3S. The van der Waals surface area contributed by atoms with Crippen molar-refractivity contribution in [1.82, 2.24) is 14.2 Å². The molecule has 0 saturated carbocycles. The van der Waals surface area contributed by atoms with E-state index >= 15 is 0 Å². The highest BCUT2D eigenvalue weighted by Crippen LogP contribution is 2.26. The maximum Gasteiger partial charge on any atom is 0.243 e. The summed E-state index contributed by atoms with van der Waals surface area (Å²) < 4.78 is 33.9. The second-order valence-electron chi connectivity index (χ2n) is 8.27. The summed E-state index contributed by atoms with van der Waals surface area (Å²) >= 11 is 0. The van der Waals surface area contributed by atoms with Gasteiger partial charge in [-0.05, 0) is 62.6 Å². The van der Waals surface area contributed by atoms with Crippen molar-refractivity contribution in [2.45, 2.75) is 39.1 Å². The summed E-state index contributed by atoms with van der Waals surface area (Å²) in [6.45, 7) is 10.7. The van der Waals surface area contributed by atoms with Crippen LogP contribution in [0, 0.1) is 27.7 Å². The van der Waals surface area contributed by atoms with E-state index in [1.165, 1.54) is 0 Å². The van der Waals surface area contributed by atoms with Crippen molar-refractivity contribution in [2.24, 2.45) is 0 Å². The van der Waals surface area contributed by atoms with Crippen molar-refractivity contribution in [2.75, 3.05) is 26.2 Å². The number of sulfonamides is 1. The van der Waals surface area contributed by atoms with Gasteiger partial charge >= 0.3 is 0 Å². The number of aryl methyl sites for hydroxylation is 4. The van der Waals surface area contributed by atoms with Gasteiger partial charge in [0.25, 0.3) is 0 Å². The molecule has 1 aliphatic rings. The molecule has 0 atom stereocenters. The molecule has 4 rings (SSSR count). The summed E-state index contributed by atoms with van der Waals surface area (Å²) in [4.78, 5) is 7.33. The zero-order chi connectivity index (χ0) is 22.2. The highest BCUT2D eigenvalue weighted by atomic mass is 32.2. The quantitative estimate of drug-likeness (QED) is 0.599. The molecule has 2 aromatic carbocycles. The van der Waals surface area contributed by atoms with Crippen LogP contribution < -0.4 is 0 Å². The number of rotatable bonds is 5. The number of aromatic nitrogens is 1. The molecule has 0 aliphatic carbocycles. The van der Waals surface area contributed by atoms with Gasteiger partial charge in [0.1, 0.15) is 5.76 Å². The van der Waals surface area contributed by atoms with E-state index in [0.717, 1.165) is 33.7 Å². The standard InChI is InChI=1S/C24H29N3O3S/c1-17-14-19(3)23(15-18(17)2)31(28,29)27-12-10-26(11-13-27)16-22-20(4)30-24(25-22)21-8-6-5-7-9-21/h5-9,14-15H,10-13,16H2,1-4H3. The molecule has 0 unspecified atom stereocenters. The number of nitrogens with zero attached hydrogens (tertiary/aromatic N) is 3. The maximum atomic E-state index is 13.2. The zero-order valence-corrected chi connectivity index (χ0v) is 19.4. The Bertz CT molecular complexity index is 1180. The SMILES string of the molecule is Cc1cc(C)c(S(=O)(=O)N2CCN(Cc3nc(-c4ccccc4)oc3C)CC2)cc1C. The van der Waals surface area contributed by atoms with Gasteiger partial charge in [0, 0.05) is 38.3 Å². The summed E-state index contributed by atoms with van der Waals surface area (Å²) in [5, 5.41) is 0. The molecule has 0 amide bonds. The van der Waals surface area contributed by atoms with Crippen LogP contribution in [-0.4, -0.2) is 48.8 Å². The first-order valence-electron chi connectivity index (χ1n) is 10.6. The van der Waals surface area contributed by atoms with Gasteiger partial charge in [0.05, 0.1) is 10.6 Å². The van der Waals surface area contributed by atoms with Crippen LogP contribution in [0.15, 0.2) is 51.8 Å². The van der Waals surface area contributed by atoms with Crippen molar-refractivity contribution in [1.29, 1.82) is 0 Å². The fourth-order valence-electron chi connectivity index (χ4n) is 3.97. The molecule has 164 valence electrons. The first kappa shape index (κ1) is 21.7. The average Bonchev–Trinajstić information content (AvgIpc) is 3.12. The monoisotopic (exact) mass is 439 g/mol. The minimum atomic E-state index is -3.50. The highest BCUT2D eigenvalue weighted by Gasteiger charge is 2.30. The summed E-state index contributed by atoms with van der Waals surface area (Å²) in [6.07, 6.45) is 0. The van der Waals surface area contributed by atoms with E-state index in [-0.39, 0.29) is 0 Å². The number of hydrogen-bond acceptors (Lipinski definition) is 5. The highest BCUT2D eigenvalue weighted by molar-refractivity contribution is 7.89. The smallest absolute Gasteiger partial charge is 0.243 e. The molecule has 1 aromatic heterocycles. The van der Waals surface area contributed by atoms with Gasteiger partial charge in [0.2, 0.25) is 15.9 Å². The van der Waals surface area contributed by atoms with Crippen molar-refractivity contribution in [3.8, 4) is 11.5 Å². The first-order chi connectivity index (χ1) is 14.8. The van der Waals surface area contributed by atoms with Crippen molar-refractivity contribution in [3.63, 3.8) is 0 Å². The van der Waals surface area contributed by atoms with Gasteiger partial charge in [-0.15, -0.1) is 0 Å². The van der Waals surface area contributed by atoms with Crippen LogP contribution in [0.1, 0.15) is 28.1 Å². The largest absolute Gasteiger partial charge is 0.441 e. The average molecular weight is 440 g/mol. The van der Waals surface area contributed by atoms with Gasteiger partial charge in [-0.1, -0.05) is 24.3 Å². The predicted molar refractivity (Wildman–Crippen MR) is 121 cm³/mol. The number of hydrogen-bond donors (Lipinski definition) is 0. The van der Waals surface area contributed by atoms with Crippen LogP contribution in [0.4, 0.5) is 0 Å². The summed E-state index contributed by atoms with van der Waals surface area (Å²) in [7, 11) is -3.50. The Morgan fingerprint density at radius 3 is 2.23 bits per heavy atom. The Balaban J connectivity index is 1.44. The molecule has 0 bridgehead atoms.